The van der Waals surface area contributed by atoms with Crippen LogP contribution in [0.4, 0.5) is 0 Å². The van der Waals surface area contributed by atoms with Gasteiger partial charge in [-0.15, -0.1) is 0 Å². The van der Waals surface area contributed by atoms with Crippen molar-refractivity contribution in [2.75, 3.05) is 26.2 Å². The van der Waals surface area contributed by atoms with E-state index in [2.05, 4.69) is 53.1 Å². The van der Waals surface area contributed by atoms with Crippen LogP contribution in [0, 0.1) is 10.7 Å². The summed E-state index contributed by atoms with van der Waals surface area (Å²) in [7, 11) is 3.44. The fourth-order valence-electron chi connectivity index (χ4n) is 3.81. The average molecular weight is 443 g/mol. The fourth-order valence-corrected chi connectivity index (χ4v) is 6.48. The Balaban J connectivity index is 1.36. The highest BCUT2D eigenvalue weighted by Gasteiger charge is 2.18. The topological polar surface area (TPSA) is 26.7 Å². The van der Waals surface area contributed by atoms with Crippen molar-refractivity contribution in [3.05, 3.63) is 79.5 Å². The molecule has 0 atom stereocenters. The monoisotopic (exact) mass is 442 g/mol. The molecule has 29 heavy (non-hydrogen) atoms. The summed E-state index contributed by atoms with van der Waals surface area (Å²) in [6, 6.07) is 16.7. The van der Waals surface area contributed by atoms with Gasteiger partial charge in [0.05, 0.1) is 0 Å². The summed E-state index contributed by atoms with van der Waals surface area (Å²) in [5, 5.41) is 10.4. The maximum Gasteiger partial charge on any atom is 0.120 e. The largest absolute Gasteiger partial charge is 0.508 e. The lowest BCUT2D eigenvalue weighted by Gasteiger charge is -2.34. The minimum Gasteiger partial charge on any atom is -0.508 e. The second kappa shape index (κ2) is 9.49. The van der Waals surface area contributed by atoms with Crippen LogP contribution in [0.25, 0.3) is 0 Å². The molecule has 2 aromatic carbocycles. The first kappa shape index (κ1) is 20.7. The molecule has 0 bridgehead atoms. The first-order valence-electron chi connectivity index (χ1n) is 9.96. The second-order valence-electron chi connectivity index (χ2n) is 7.67. The Morgan fingerprint density at radius 1 is 0.897 bits per heavy atom. The highest BCUT2D eigenvalue weighted by molar-refractivity contribution is 7.79. The van der Waals surface area contributed by atoms with Gasteiger partial charge in [0.25, 0.3) is 0 Å². The number of aryl methyl sites for hydroxylation is 1. The first-order valence-corrected chi connectivity index (χ1v) is 12.5. The molecule has 0 saturated carbocycles. The molecule has 0 radical (unpaired) electrons. The number of phenols is 1. The van der Waals surface area contributed by atoms with Crippen LogP contribution in [-0.4, -0.2) is 41.1 Å². The number of hydrogen-bond acceptors (Lipinski definition) is 6. The summed E-state index contributed by atoms with van der Waals surface area (Å²) in [6.07, 6.45) is 0.850. The molecule has 1 N–H and O–H groups in total. The highest BCUT2D eigenvalue weighted by Crippen LogP contribution is 2.28. The van der Waals surface area contributed by atoms with Gasteiger partial charge in [-0.25, -0.2) is 0 Å². The van der Waals surface area contributed by atoms with E-state index in [9.17, 15) is 5.11 Å². The number of piperazine rings is 1. The third kappa shape index (κ3) is 5.32. The van der Waals surface area contributed by atoms with E-state index in [-0.39, 0.29) is 0 Å². The molecule has 0 aliphatic carbocycles. The summed E-state index contributed by atoms with van der Waals surface area (Å²) in [4.78, 5) is 6.26. The van der Waals surface area contributed by atoms with Crippen LogP contribution >= 0.6 is 32.9 Å². The van der Waals surface area contributed by atoms with Crippen LogP contribution in [0.3, 0.4) is 0 Å². The molecule has 6 heteroatoms. The van der Waals surface area contributed by atoms with E-state index in [1.54, 1.807) is 20.7 Å². The van der Waals surface area contributed by atoms with Gasteiger partial charge in [-0.3, -0.25) is 9.80 Å². The van der Waals surface area contributed by atoms with E-state index >= 15 is 0 Å². The van der Waals surface area contributed by atoms with Crippen molar-refractivity contribution in [1.29, 1.82) is 0 Å². The van der Waals surface area contributed by atoms with E-state index in [0.717, 1.165) is 55.1 Å². The summed E-state index contributed by atoms with van der Waals surface area (Å²) >= 11 is 5.49. The second-order valence-corrected chi connectivity index (χ2v) is 10.7. The van der Waals surface area contributed by atoms with Gasteiger partial charge in [-0.2, -0.15) is 0 Å². The van der Waals surface area contributed by atoms with E-state index < -0.39 is 0 Å². The molecule has 152 valence electrons. The molecule has 1 aliphatic heterocycles. The number of aromatic hydroxyl groups is 1. The number of nitrogens with zero attached hydrogens (tertiary/aromatic N) is 2. The van der Waals surface area contributed by atoms with Gasteiger partial charge in [-0.05, 0) is 29.7 Å². The Morgan fingerprint density at radius 3 is 2.24 bits per heavy atom. The molecular weight excluding hydrogens is 416 g/mol. The molecule has 2 heterocycles. The molecule has 1 fully saturated rings. The summed E-state index contributed by atoms with van der Waals surface area (Å²) < 4.78 is 0.997. The zero-order valence-corrected chi connectivity index (χ0v) is 19.1. The maximum atomic E-state index is 10.4. The lowest BCUT2D eigenvalue weighted by molar-refractivity contribution is 0.121. The number of hydrogen-bond donors (Lipinski definition) is 1. The van der Waals surface area contributed by atoms with Crippen LogP contribution in [-0.2, 0) is 19.5 Å². The maximum absolute atomic E-state index is 10.4. The first-order chi connectivity index (χ1) is 14.1. The SMILES string of the molecule is Cc1ssc(=S)c1Cc1ccc(O)c(CN2CCN(Cc3ccccc3)CC2)c1. The Labute approximate surface area is 185 Å². The zero-order valence-electron chi connectivity index (χ0n) is 16.6. The summed E-state index contributed by atoms with van der Waals surface area (Å²) in [5.41, 5.74) is 4.88. The molecule has 3 aromatic rings. The average Bonchev–Trinajstić information content (AvgIpc) is 3.05. The van der Waals surface area contributed by atoms with Gasteiger partial charge in [0, 0.05) is 56.1 Å². The molecule has 3 nitrogen and oxygen atoms in total. The van der Waals surface area contributed by atoms with E-state index in [1.807, 2.05) is 12.1 Å². The van der Waals surface area contributed by atoms with Crippen LogP contribution in [0.15, 0.2) is 48.5 Å². The molecule has 0 amide bonds. The van der Waals surface area contributed by atoms with Gasteiger partial charge in [0.1, 0.15) is 9.57 Å². The van der Waals surface area contributed by atoms with Crippen LogP contribution < -0.4 is 0 Å². The van der Waals surface area contributed by atoms with Gasteiger partial charge >= 0.3 is 0 Å². The Bertz CT molecular complexity index is 1000. The van der Waals surface area contributed by atoms with Crippen molar-refractivity contribution in [3.8, 4) is 5.75 Å². The lowest BCUT2D eigenvalue weighted by atomic mass is 10.0. The van der Waals surface area contributed by atoms with Crippen LogP contribution in [0.5, 0.6) is 5.75 Å². The molecule has 0 spiro atoms. The van der Waals surface area contributed by atoms with Gasteiger partial charge in [0.15, 0.2) is 0 Å². The molecule has 1 aliphatic rings. The van der Waals surface area contributed by atoms with Crippen molar-refractivity contribution >= 4 is 32.9 Å². The predicted octanol–water partition coefficient (Wildman–Crippen LogP) is 5.46. The number of rotatable bonds is 6. The molecule has 1 saturated heterocycles. The van der Waals surface area contributed by atoms with Crippen LogP contribution in [0.1, 0.15) is 27.1 Å². The van der Waals surface area contributed by atoms with Crippen LogP contribution in [0.2, 0.25) is 0 Å². The summed E-state index contributed by atoms with van der Waals surface area (Å²) in [6.45, 7) is 8.12. The van der Waals surface area contributed by atoms with Crippen molar-refractivity contribution < 1.29 is 5.11 Å². The van der Waals surface area contributed by atoms with E-state index in [4.69, 9.17) is 12.2 Å². The highest BCUT2D eigenvalue weighted by atomic mass is 32.9. The van der Waals surface area contributed by atoms with Crippen molar-refractivity contribution in [1.82, 2.24) is 9.80 Å². The Kier molecular flexibility index (Phi) is 6.77. The Morgan fingerprint density at radius 2 is 1.59 bits per heavy atom. The van der Waals surface area contributed by atoms with E-state index in [0.29, 0.717) is 5.75 Å². The van der Waals surface area contributed by atoms with Gasteiger partial charge in [0.2, 0.25) is 0 Å². The molecule has 4 rings (SSSR count). The predicted molar refractivity (Wildman–Crippen MR) is 126 cm³/mol. The Hall–Kier alpha value is -1.57. The third-order valence-corrected chi connectivity index (χ3v) is 8.84. The van der Waals surface area contributed by atoms with Crippen molar-refractivity contribution in [2.45, 2.75) is 26.4 Å². The van der Waals surface area contributed by atoms with Gasteiger partial charge in [-0.1, -0.05) is 75.4 Å². The smallest absolute Gasteiger partial charge is 0.120 e. The number of phenolic OH excluding ortho intramolecular Hbond substituents is 1. The minimum atomic E-state index is 0.393. The lowest BCUT2D eigenvalue weighted by Crippen LogP contribution is -2.45. The molecule has 1 aromatic heterocycles. The quantitative estimate of drug-likeness (QED) is 0.405. The fraction of sp³-hybridized carbons (Fsp3) is 0.348. The van der Waals surface area contributed by atoms with E-state index in [1.165, 1.54) is 21.6 Å². The summed E-state index contributed by atoms with van der Waals surface area (Å²) in [5.74, 6) is 0.393. The zero-order chi connectivity index (χ0) is 20.2. The van der Waals surface area contributed by atoms with Gasteiger partial charge < -0.3 is 5.11 Å². The van der Waals surface area contributed by atoms with Crippen molar-refractivity contribution in [2.24, 2.45) is 0 Å². The standard InChI is InChI=1S/C23H26N2OS3/c1-17-21(23(27)29-28-17)14-19-7-8-22(26)20(13-19)16-25-11-9-24(10-12-25)15-18-5-3-2-4-6-18/h2-8,13,26H,9-12,14-16H2,1H3. The number of benzene rings is 2. The van der Waals surface area contributed by atoms with Crippen molar-refractivity contribution in [3.63, 3.8) is 0 Å². The molecule has 0 unspecified atom stereocenters. The normalized spacial score (nSPS) is 15.6. The minimum absolute atomic E-state index is 0.393. The third-order valence-electron chi connectivity index (χ3n) is 5.55. The molecular formula is C23H26N2OS3.